The van der Waals surface area contributed by atoms with Crippen LogP contribution in [0.3, 0.4) is 0 Å². The van der Waals surface area contributed by atoms with Crippen LogP contribution in [-0.2, 0) is 0 Å². The summed E-state index contributed by atoms with van der Waals surface area (Å²) in [5.41, 5.74) is 2.66. The average Bonchev–Trinajstić information content (AvgIpc) is 1.97. The summed E-state index contributed by atoms with van der Waals surface area (Å²) in [4.78, 5) is 0. The molecule has 0 amide bonds. The Morgan fingerprint density at radius 2 is 1.91 bits per heavy atom. The number of hydrogen-bond donors (Lipinski definition) is 0. The molecule has 62 valence electrons. The lowest BCUT2D eigenvalue weighted by Crippen LogP contribution is -1.75. The van der Waals surface area contributed by atoms with Crippen molar-refractivity contribution in [2.24, 2.45) is 0 Å². The topological polar surface area (TPSA) is 0 Å². The van der Waals surface area contributed by atoms with E-state index in [1.807, 2.05) is 6.08 Å². The molecule has 0 saturated carbocycles. The molecule has 0 aromatic rings. The summed E-state index contributed by atoms with van der Waals surface area (Å²) < 4.78 is 0. The van der Waals surface area contributed by atoms with Gasteiger partial charge in [0.15, 0.2) is 0 Å². The molecule has 0 N–H and O–H groups in total. The van der Waals surface area contributed by atoms with Crippen molar-refractivity contribution in [1.82, 2.24) is 0 Å². The SMILES string of the molecule is C=C/C(=C\C=C(C)C)CCC. The van der Waals surface area contributed by atoms with Gasteiger partial charge in [0, 0.05) is 0 Å². The third-order valence-electron chi connectivity index (χ3n) is 1.43. The molecule has 0 radical (unpaired) electrons. The molecule has 0 saturated heterocycles. The second-order valence-electron chi connectivity index (χ2n) is 2.94. The van der Waals surface area contributed by atoms with Gasteiger partial charge in [-0.25, -0.2) is 0 Å². The average molecular weight is 150 g/mol. The van der Waals surface area contributed by atoms with E-state index in [0.29, 0.717) is 0 Å². The Labute approximate surface area is 70.3 Å². The molecule has 0 aromatic heterocycles. The Morgan fingerprint density at radius 1 is 1.27 bits per heavy atom. The maximum atomic E-state index is 3.76. The van der Waals surface area contributed by atoms with Gasteiger partial charge in [0.1, 0.15) is 0 Å². The fourth-order valence-electron chi connectivity index (χ4n) is 0.816. The summed E-state index contributed by atoms with van der Waals surface area (Å²) in [6, 6.07) is 0. The Morgan fingerprint density at radius 3 is 2.27 bits per heavy atom. The fraction of sp³-hybridized carbons (Fsp3) is 0.455. The molecule has 11 heavy (non-hydrogen) atoms. The molecule has 0 heterocycles. The van der Waals surface area contributed by atoms with E-state index >= 15 is 0 Å². The molecule has 0 aliphatic carbocycles. The minimum Gasteiger partial charge on any atom is -0.0988 e. The van der Waals surface area contributed by atoms with Gasteiger partial charge in [-0.05, 0) is 25.8 Å². The standard InChI is InChI=1S/C11H18/c1-5-7-11(6-2)9-8-10(3)4/h6,8-9H,2,5,7H2,1,3-4H3/b11-9+. The monoisotopic (exact) mass is 150 g/mol. The van der Waals surface area contributed by atoms with Crippen molar-refractivity contribution in [3.8, 4) is 0 Å². The highest BCUT2D eigenvalue weighted by Crippen LogP contribution is 2.06. The zero-order chi connectivity index (χ0) is 8.69. The van der Waals surface area contributed by atoms with Crippen LogP contribution >= 0.6 is 0 Å². The third kappa shape index (κ3) is 5.65. The van der Waals surface area contributed by atoms with Gasteiger partial charge >= 0.3 is 0 Å². The first-order valence-corrected chi connectivity index (χ1v) is 4.17. The van der Waals surface area contributed by atoms with Crippen LogP contribution in [0, 0.1) is 0 Å². The van der Waals surface area contributed by atoms with Crippen molar-refractivity contribution in [2.75, 3.05) is 0 Å². The van der Waals surface area contributed by atoms with E-state index in [0.717, 1.165) is 6.42 Å². The molecular formula is C11H18. The summed E-state index contributed by atoms with van der Waals surface area (Å²) in [6.45, 7) is 10.1. The van der Waals surface area contributed by atoms with Gasteiger partial charge < -0.3 is 0 Å². The van der Waals surface area contributed by atoms with Crippen LogP contribution in [0.25, 0.3) is 0 Å². The first kappa shape index (κ1) is 10.2. The van der Waals surface area contributed by atoms with Crippen LogP contribution in [0.15, 0.2) is 36.0 Å². The van der Waals surface area contributed by atoms with E-state index in [2.05, 4.69) is 39.5 Å². The molecule has 0 heteroatoms. The van der Waals surface area contributed by atoms with Crippen molar-refractivity contribution in [2.45, 2.75) is 33.6 Å². The Hall–Kier alpha value is -0.780. The molecule has 0 atom stereocenters. The highest BCUT2D eigenvalue weighted by Gasteiger charge is 1.86. The fourth-order valence-corrected chi connectivity index (χ4v) is 0.816. The Kier molecular flexibility index (Phi) is 5.54. The van der Waals surface area contributed by atoms with Gasteiger partial charge in [-0.3, -0.25) is 0 Å². The zero-order valence-electron chi connectivity index (χ0n) is 7.85. The van der Waals surface area contributed by atoms with Gasteiger partial charge in [0.25, 0.3) is 0 Å². The van der Waals surface area contributed by atoms with Gasteiger partial charge in [-0.2, -0.15) is 0 Å². The molecular weight excluding hydrogens is 132 g/mol. The lowest BCUT2D eigenvalue weighted by molar-refractivity contribution is 0.927. The molecule has 0 nitrogen and oxygen atoms in total. The van der Waals surface area contributed by atoms with Crippen LogP contribution in [-0.4, -0.2) is 0 Å². The first-order chi connectivity index (χ1) is 5.20. The lowest BCUT2D eigenvalue weighted by Gasteiger charge is -1.95. The smallest absolute Gasteiger partial charge is 0.0282 e. The third-order valence-corrected chi connectivity index (χ3v) is 1.43. The number of allylic oxidation sites excluding steroid dienone is 5. The second kappa shape index (κ2) is 5.96. The van der Waals surface area contributed by atoms with Crippen molar-refractivity contribution in [3.63, 3.8) is 0 Å². The predicted octanol–water partition coefficient (Wildman–Crippen LogP) is 3.87. The highest BCUT2D eigenvalue weighted by atomic mass is 13.9. The maximum Gasteiger partial charge on any atom is -0.0282 e. The van der Waals surface area contributed by atoms with Gasteiger partial charge in [-0.1, -0.05) is 43.7 Å². The van der Waals surface area contributed by atoms with Crippen LogP contribution in [0.5, 0.6) is 0 Å². The van der Waals surface area contributed by atoms with E-state index in [9.17, 15) is 0 Å². The molecule has 0 aromatic carbocycles. The number of hydrogen-bond acceptors (Lipinski definition) is 0. The van der Waals surface area contributed by atoms with Crippen molar-refractivity contribution >= 4 is 0 Å². The summed E-state index contributed by atoms with van der Waals surface area (Å²) in [5.74, 6) is 0. The molecule has 0 aliphatic heterocycles. The van der Waals surface area contributed by atoms with Gasteiger partial charge in [0.05, 0.1) is 0 Å². The normalized spacial score (nSPS) is 11.0. The van der Waals surface area contributed by atoms with Gasteiger partial charge in [-0.15, -0.1) is 0 Å². The van der Waals surface area contributed by atoms with Crippen LogP contribution in [0.2, 0.25) is 0 Å². The molecule has 0 bridgehead atoms. The van der Waals surface area contributed by atoms with Crippen LogP contribution in [0.1, 0.15) is 33.6 Å². The molecule has 0 aliphatic rings. The van der Waals surface area contributed by atoms with Gasteiger partial charge in [0.2, 0.25) is 0 Å². The van der Waals surface area contributed by atoms with E-state index < -0.39 is 0 Å². The summed E-state index contributed by atoms with van der Waals surface area (Å²) >= 11 is 0. The van der Waals surface area contributed by atoms with Crippen molar-refractivity contribution in [3.05, 3.63) is 36.0 Å². The van der Waals surface area contributed by atoms with E-state index in [-0.39, 0.29) is 0 Å². The molecule has 0 unspecified atom stereocenters. The maximum absolute atomic E-state index is 3.76. The second-order valence-corrected chi connectivity index (χ2v) is 2.94. The highest BCUT2D eigenvalue weighted by molar-refractivity contribution is 5.23. The summed E-state index contributed by atoms with van der Waals surface area (Å²) in [7, 11) is 0. The van der Waals surface area contributed by atoms with Crippen molar-refractivity contribution in [1.29, 1.82) is 0 Å². The quantitative estimate of drug-likeness (QED) is 0.534. The Balaban J connectivity index is 4.11. The molecule has 0 rings (SSSR count). The van der Waals surface area contributed by atoms with Crippen molar-refractivity contribution < 1.29 is 0 Å². The van der Waals surface area contributed by atoms with E-state index in [4.69, 9.17) is 0 Å². The largest absolute Gasteiger partial charge is 0.0988 e. The molecule has 0 spiro atoms. The minimum atomic E-state index is 1.13. The first-order valence-electron chi connectivity index (χ1n) is 4.17. The van der Waals surface area contributed by atoms with E-state index in [1.54, 1.807) is 0 Å². The minimum absolute atomic E-state index is 1.13. The summed E-state index contributed by atoms with van der Waals surface area (Å²) in [5, 5.41) is 0. The zero-order valence-corrected chi connectivity index (χ0v) is 7.85. The van der Waals surface area contributed by atoms with E-state index in [1.165, 1.54) is 17.6 Å². The summed E-state index contributed by atoms with van der Waals surface area (Å²) in [6.07, 6.45) is 8.53. The molecule has 0 fully saturated rings. The Bertz CT molecular complexity index is 166. The predicted molar refractivity (Wildman–Crippen MR) is 52.6 cm³/mol. The van der Waals surface area contributed by atoms with Crippen LogP contribution < -0.4 is 0 Å². The number of rotatable bonds is 4. The van der Waals surface area contributed by atoms with Crippen LogP contribution in [0.4, 0.5) is 0 Å². The lowest BCUT2D eigenvalue weighted by atomic mass is 10.1.